The van der Waals surface area contributed by atoms with Crippen LogP contribution in [0.4, 0.5) is 0 Å². The Bertz CT molecular complexity index is 663. The fraction of sp³-hybridized carbons (Fsp3) is 0.636. The van der Waals surface area contributed by atoms with Crippen LogP contribution in [-0.2, 0) is 6.42 Å². The van der Waals surface area contributed by atoms with Crippen molar-refractivity contribution in [3.05, 3.63) is 29.6 Å². The summed E-state index contributed by atoms with van der Waals surface area (Å²) in [4.78, 5) is 18.8. The number of carbonyl (C=O) groups is 1. The van der Waals surface area contributed by atoms with Gasteiger partial charge in [0.15, 0.2) is 0 Å². The number of H-pyrrole nitrogens is 1. The lowest BCUT2D eigenvalue weighted by atomic mass is 10.0. The molecule has 26 heavy (non-hydrogen) atoms. The second-order valence-electron chi connectivity index (χ2n) is 7.36. The summed E-state index contributed by atoms with van der Waals surface area (Å²) in [6.45, 7) is 2.27. The van der Waals surface area contributed by atoms with Crippen LogP contribution in [-0.4, -0.2) is 21.0 Å². The van der Waals surface area contributed by atoms with Gasteiger partial charge in [-0.25, -0.2) is 9.78 Å². The van der Waals surface area contributed by atoms with E-state index in [1.165, 1.54) is 70.6 Å². The summed E-state index contributed by atoms with van der Waals surface area (Å²) in [5, 5.41) is 9.04. The van der Waals surface area contributed by atoms with E-state index >= 15 is 0 Å². The van der Waals surface area contributed by atoms with Crippen LogP contribution < -0.4 is 0 Å². The lowest BCUT2D eigenvalue weighted by Crippen LogP contribution is -1.94. The fourth-order valence-electron chi connectivity index (χ4n) is 3.45. The number of aromatic nitrogens is 2. The van der Waals surface area contributed by atoms with Gasteiger partial charge in [0.1, 0.15) is 5.82 Å². The second kappa shape index (κ2) is 11.7. The Labute approximate surface area is 157 Å². The van der Waals surface area contributed by atoms with Gasteiger partial charge in [-0.15, -0.1) is 0 Å². The Balaban J connectivity index is 1.53. The van der Waals surface area contributed by atoms with Gasteiger partial charge in [-0.3, -0.25) is 0 Å². The molecule has 2 aromatic rings. The molecule has 0 atom stereocenters. The van der Waals surface area contributed by atoms with Gasteiger partial charge in [0.2, 0.25) is 0 Å². The summed E-state index contributed by atoms with van der Waals surface area (Å²) >= 11 is 0. The molecule has 0 fully saturated rings. The molecule has 2 rings (SSSR count). The van der Waals surface area contributed by atoms with Crippen molar-refractivity contribution in [2.24, 2.45) is 0 Å². The number of imidazole rings is 1. The molecule has 1 aromatic carbocycles. The normalized spacial score (nSPS) is 11.3. The number of fused-ring (bicyclic) bond motifs is 1. The summed E-state index contributed by atoms with van der Waals surface area (Å²) in [6, 6.07) is 5.05. The molecule has 0 aliphatic carbocycles. The number of nitrogens with one attached hydrogen (secondary N) is 1. The molecule has 0 spiro atoms. The number of nitrogens with zero attached hydrogens (tertiary/aromatic N) is 1. The first-order valence-corrected chi connectivity index (χ1v) is 10.4. The van der Waals surface area contributed by atoms with Crippen LogP contribution >= 0.6 is 0 Å². The number of hydrogen-bond acceptors (Lipinski definition) is 2. The first kappa shape index (κ1) is 20.5. The van der Waals surface area contributed by atoms with E-state index < -0.39 is 5.97 Å². The summed E-state index contributed by atoms with van der Waals surface area (Å²) in [5.41, 5.74) is 1.97. The largest absolute Gasteiger partial charge is 0.478 e. The Morgan fingerprint density at radius 3 is 2.08 bits per heavy atom. The summed E-state index contributed by atoms with van der Waals surface area (Å²) < 4.78 is 0. The van der Waals surface area contributed by atoms with Crippen LogP contribution in [0.2, 0.25) is 0 Å². The number of rotatable bonds is 14. The van der Waals surface area contributed by atoms with E-state index in [-0.39, 0.29) is 0 Å². The van der Waals surface area contributed by atoms with Gasteiger partial charge in [-0.2, -0.15) is 0 Å². The average molecular weight is 359 g/mol. The first-order valence-electron chi connectivity index (χ1n) is 10.4. The van der Waals surface area contributed by atoms with E-state index in [4.69, 9.17) is 5.11 Å². The number of benzene rings is 1. The van der Waals surface area contributed by atoms with E-state index in [9.17, 15) is 4.79 Å². The van der Waals surface area contributed by atoms with Crippen molar-refractivity contribution in [2.45, 2.75) is 90.4 Å². The van der Waals surface area contributed by atoms with Crippen molar-refractivity contribution >= 4 is 17.0 Å². The van der Waals surface area contributed by atoms with E-state index in [0.29, 0.717) is 5.56 Å². The molecule has 4 heteroatoms. The molecule has 144 valence electrons. The van der Waals surface area contributed by atoms with Gasteiger partial charge < -0.3 is 10.1 Å². The molecule has 1 aromatic heterocycles. The Hall–Kier alpha value is -1.84. The third-order valence-electron chi connectivity index (χ3n) is 5.05. The Kier molecular flexibility index (Phi) is 9.22. The van der Waals surface area contributed by atoms with Crippen LogP contribution in [0.15, 0.2) is 18.2 Å². The topological polar surface area (TPSA) is 66.0 Å². The van der Waals surface area contributed by atoms with E-state index in [0.717, 1.165) is 29.7 Å². The van der Waals surface area contributed by atoms with E-state index in [2.05, 4.69) is 16.9 Å². The zero-order valence-electron chi connectivity index (χ0n) is 16.2. The lowest BCUT2D eigenvalue weighted by Gasteiger charge is -2.02. The highest BCUT2D eigenvalue weighted by atomic mass is 16.4. The number of aromatic amines is 1. The highest BCUT2D eigenvalue weighted by molar-refractivity contribution is 5.92. The van der Waals surface area contributed by atoms with Crippen molar-refractivity contribution in [1.82, 2.24) is 9.97 Å². The SMILES string of the molecule is CCCCCCCCCCCCCCc1nc2ccc(C(=O)O)cc2[nH]1. The minimum Gasteiger partial charge on any atom is -0.478 e. The minimum absolute atomic E-state index is 0.304. The molecule has 2 N–H and O–H groups in total. The summed E-state index contributed by atoms with van der Waals surface area (Å²) in [5.74, 6) is 0.0682. The zero-order chi connectivity index (χ0) is 18.6. The predicted molar refractivity (Wildman–Crippen MR) is 108 cm³/mol. The lowest BCUT2D eigenvalue weighted by molar-refractivity contribution is 0.0697. The number of aromatic carboxylic acids is 1. The minimum atomic E-state index is -0.899. The van der Waals surface area contributed by atoms with Gasteiger partial charge in [-0.1, -0.05) is 77.6 Å². The number of hydrogen-bond donors (Lipinski definition) is 2. The van der Waals surface area contributed by atoms with Gasteiger partial charge >= 0.3 is 5.97 Å². The molecule has 0 amide bonds. The standard InChI is InChI=1S/C22H34N2O2/c1-2-3-4-5-6-7-8-9-10-11-12-13-14-21-23-19-16-15-18(22(25)26)17-20(19)24-21/h15-17H,2-14H2,1H3,(H,23,24)(H,25,26). The van der Waals surface area contributed by atoms with Gasteiger partial charge in [0.05, 0.1) is 16.6 Å². The van der Waals surface area contributed by atoms with Gasteiger partial charge in [0.25, 0.3) is 0 Å². The molecule has 0 bridgehead atoms. The molecule has 0 unspecified atom stereocenters. The van der Waals surface area contributed by atoms with Crippen molar-refractivity contribution in [2.75, 3.05) is 0 Å². The van der Waals surface area contributed by atoms with Crippen LogP contribution in [0.25, 0.3) is 11.0 Å². The quantitative estimate of drug-likeness (QED) is 0.378. The average Bonchev–Trinajstić information content (AvgIpc) is 3.04. The second-order valence-corrected chi connectivity index (χ2v) is 7.36. The molecular formula is C22H34N2O2. The van der Waals surface area contributed by atoms with Crippen LogP contribution in [0.3, 0.4) is 0 Å². The maximum Gasteiger partial charge on any atom is 0.335 e. The molecule has 0 aliphatic rings. The maximum atomic E-state index is 11.0. The van der Waals surface area contributed by atoms with Crippen LogP contribution in [0.1, 0.15) is 100 Å². The van der Waals surface area contributed by atoms with Gasteiger partial charge in [0, 0.05) is 6.42 Å². The molecule has 0 radical (unpaired) electrons. The van der Waals surface area contributed by atoms with Crippen molar-refractivity contribution in [3.8, 4) is 0 Å². The third-order valence-corrected chi connectivity index (χ3v) is 5.05. The molecule has 0 saturated heterocycles. The number of carboxylic acids is 1. The number of unbranched alkanes of at least 4 members (excludes halogenated alkanes) is 11. The first-order chi connectivity index (χ1) is 12.7. The highest BCUT2D eigenvalue weighted by Crippen LogP contribution is 2.16. The number of carboxylic acid groups (broad SMARTS) is 1. The Morgan fingerprint density at radius 1 is 0.923 bits per heavy atom. The molecular weight excluding hydrogens is 324 g/mol. The third kappa shape index (κ3) is 7.19. The van der Waals surface area contributed by atoms with Crippen molar-refractivity contribution < 1.29 is 9.90 Å². The molecule has 0 aliphatic heterocycles. The molecule has 1 heterocycles. The maximum absolute atomic E-state index is 11.0. The smallest absolute Gasteiger partial charge is 0.335 e. The highest BCUT2D eigenvalue weighted by Gasteiger charge is 2.07. The zero-order valence-corrected chi connectivity index (χ0v) is 16.2. The molecule has 4 nitrogen and oxygen atoms in total. The van der Waals surface area contributed by atoms with E-state index in [1.54, 1.807) is 18.2 Å². The number of aryl methyl sites for hydroxylation is 1. The van der Waals surface area contributed by atoms with Crippen LogP contribution in [0.5, 0.6) is 0 Å². The van der Waals surface area contributed by atoms with Gasteiger partial charge in [-0.05, 0) is 24.6 Å². The summed E-state index contributed by atoms with van der Waals surface area (Å²) in [6.07, 6.45) is 17.1. The van der Waals surface area contributed by atoms with Crippen molar-refractivity contribution in [1.29, 1.82) is 0 Å². The monoisotopic (exact) mass is 358 g/mol. The summed E-state index contributed by atoms with van der Waals surface area (Å²) in [7, 11) is 0. The van der Waals surface area contributed by atoms with E-state index in [1.807, 2.05) is 0 Å². The fourth-order valence-corrected chi connectivity index (χ4v) is 3.45. The van der Waals surface area contributed by atoms with Crippen LogP contribution in [0, 0.1) is 0 Å². The predicted octanol–water partition coefficient (Wildman–Crippen LogP) is 6.50. The molecule has 0 saturated carbocycles. The van der Waals surface area contributed by atoms with Crippen molar-refractivity contribution in [3.63, 3.8) is 0 Å². The Morgan fingerprint density at radius 2 is 1.50 bits per heavy atom.